The molecule has 29 heavy (non-hydrogen) atoms. The summed E-state index contributed by atoms with van der Waals surface area (Å²) in [4.78, 5) is 28.4. The summed E-state index contributed by atoms with van der Waals surface area (Å²) in [7, 11) is 0. The number of hydrogen-bond acceptors (Lipinski definition) is 4. The number of rotatable bonds is 7. The van der Waals surface area contributed by atoms with Gasteiger partial charge >= 0.3 is 0 Å². The van der Waals surface area contributed by atoms with Crippen LogP contribution in [0.4, 0.5) is 4.39 Å². The van der Waals surface area contributed by atoms with Gasteiger partial charge in [0.25, 0.3) is 11.8 Å². The van der Waals surface area contributed by atoms with E-state index in [2.05, 4.69) is 10.2 Å². The molecule has 6 nitrogen and oxygen atoms in total. The van der Waals surface area contributed by atoms with Crippen molar-refractivity contribution in [3.8, 4) is 5.75 Å². The molecule has 0 aliphatic carbocycles. The summed E-state index contributed by atoms with van der Waals surface area (Å²) in [6.07, 6.45) is 0. The van der Waals surface area contributed by atoms with Crippen LogP contribution in [0.2, 0.25) is 0 Å². The molecule has 0 bridgehead atoms. The zero-order valence-electron chi connectivity index (χ0n) is 16.6. The van der Waals surface area contributed by atoms with Gasteiger partial charge in [-0.2, -0.15) is 0 Å². The highest BCUT2D eigenvalue weighted by Crippen LogP contribution is 2.12. The smallest absolute Gasteiger partial charge is 0.260 e. The lowest BCUT2D eigenvalue weighted by molar-refractivity contribution is -0.135. The van der Waals surface area contributed by atoms with Gasteiger partial charge in [0.05, 0.1) is 0 Å². The average Bonchev–Trinajstić information content (AvgIpc) is 2.73. The van der Waals surface area contributed by atoms with Gasteiger partial charge in [-0.05, 0) is 48.9 Å². The van der Waals surface area contributed by atoms with Crippen LogP contribution in [0, 0.1) is 12.7 Å². The molecule has 2 aromatic rings. The molecule has 1 heterocycles. The number of benzene rings is 2. The van der Waals surface area contributed by atoms with Crippen molar-refractivity contribution in [1.82, 2.24) is 15.1 Å². The lowest BCUT2D eigenvalue weighted by Crippen LogP contribution is -2.51. The van der Waals surface area contributed by atoms with Crippen LogP contribution in [0.25, 0.3) is 0 Å². The Morgan fingerprint density at radius 1 is 1.07 bits per heavy atom. The van der Waals surface area contributed by atoms with Gasteiger partial charge in [0.2, 0.25) is 0 Å². The Balaban J connectivity index is 1.34. The average molecular weight is 399 g/mol. The first-order chi connectivity index (χ1) is 14.0. The van der Waals surface area contributed by atoms with Gasteiger partial charge in [0, 0.05) is 44.8 Å². The van der Waals surface area contributed by atoms with Crippen molar-refractivity contribution in [2.24, 2.45) is 0 Å². The highest BCUT2D eigenvalue weighted by atomic mass is 19.1. The summed E-state index contributed by atoms with van der Waals surface area (Å²) in [6.45, 7) is 6.01. The number of ether oxygens (including phenoxy) is 1. The SMILES string of the molecule is Cc1cccc(OCC(=O)N2CCN(CCNC(=O)c3ccc(F)cc3)CC2)c1. The van der Waals surface area contributed by atoms with Crippen LogP contribution in [-0.4, -0.2) is 67.5 Å². The second-order valence-electron chi connectivity index (χ2n) is 7.09. The topological polar surface area (TPSA) is 61.9 Å². The molecule has 2 aromatic carbocycles. The first kappa shape index (κ1) is 20.8. The molecule has 0 unspecified atom stereocenters. The number of carbonyl (C=O) groups is 2. The molecule has 1 aliphatic rings. The van der Waals surface area contributed by atoms with Gasteiger partial charge in [0.15, 0.2) is 6.61 Å². The Morgan fingerprint density at radius 3 is 2.48 bits per heavy atom. The van der Waals surface area contributed by atoms with E-state index in [9.17, 15) is 14.0 Å². The first-order valence-electron chi connectivity index (χ1n) is 9.74. The highest BCUT2D eigenvalue weighted by Gasteiger charge is 2.21. The maximum Gasteiger partial charge on any atom is 0.260 e. The monoisotopic (exact) mass is 399 g/mol. The largest absolute Gasteiger partial charge is 0.484 e. The van der Waals surface area contributed by atoms with E-state index >= 15 is 0 Å². The lowest BCUT2D eigenvalue weighted by Gasteiger charge is -2.34. The van der Waals surface area contributed by atoms with Gasteiger partial charge in [0.1, 0.15) is 11.6 Å². The van der Waals surface area contributed by atoms with Crippen molar-refractivity contribution in [3.05, 3.63) is 65.5 Å². The molecule has 0 spiro atoms. The highest BCUT2D eigenvalue weighted by molar-refractivity contribution is 5.94. The van der Waals surface area contributed by atoms with E-state index in [1.807, 2.05) is 36.1 Å². The fourth-order valence-electron chi connectivity index (χ4n) is 3.19. The van der Waals surface area contributed by atoms with Gasteiger partial charge in [-0.15, -0.1) is 0 Å². The Labute approximate surface area is 170 Å². The number of amides is 2. The Morgan fingerprint density at radius 2 is 1.79 bits per heavy atom. The zero-order valence-corrected chi connectivity index (χ0v) is 16.6. The van der Waals surface area contributed by atoms with E-state index in [0.29, 0.717) is 37.5 Å². The van der Waals surface area contributed by atoms with Gasteiger partial charge in [-0.25, -0.2) is 4.39 Å². The molecule has 1 aliphatic heterocycles. The molecule has 3 rings (SSSR count). The van der Waals surface area contributed by atoms with E-state index in [0.717, 1.165) is 18.7 Å². The molecule has 0 aromatic heterocycles. The van der Waals surface area contributed by atoms with Crippen LogP contribution in [0.1, 0.15) is 15.9 Å². The minimum absolute atomic E-state index is 0.0178. The fourth-order valence-corrected chi connectivity index (χ4v) is 3.19. The van der Waals surface area contributed by atoms with Crippen LogP contribution in [0.3, 0.4) is 0 Å². The van der Waals surface area contributed by atoms with Crippen LogP contribution in [0.15, 0.2) is 48.5 Å². The number of nitrogens with zero attached hydrogens (tertiary/aromatic N) is 2. The standard InChI is InChI=1S/C22H26FN3O3/c1-17-3-2-4-20(15-17)29-16-21(27)26-13-11-25(12-14-26)10-9-24-22(28)18-5-7-19(23)8-6-18/h2-8,15H,9-14,16H2,1H3,(H,24,28). The van der Waals surface area contributed by atoms with Crippen molar-refractivity contribution in [1.29, 1.82) is 0 Å². The molecule has 1 N–H and O–H groups in total. The molecule has 0 saturated carbocycles. The maximum absolute atomic E-state index is 12.9. The lowest BCUT2D eigenvalue weighted by atomic mass is 10.2. The third kappa shape index (κ3) is 6.29. The minimum atomic E-state index is -0.363. The van der Waals surface area contributed by atoms with Crippen LogP contribution < -0.4 is 10.1 Å². The van der Waals surface area contributed by atoms with Gasteiger partial charge in [-0.1, -0.05) is 12.1 Å². The number of halogens is 1. The maximum atomic E-state index is 12.9. The van der Waals surface area contributed by atoms with Crippen molar-refractivity contribution < 1.29 is 18.7 Å². The van der Waals surface area contributed by atoms with Crippen molar-refractivity contribution in [2.75, 3.05) is 45.9 Å². The molecule has 1 fully saturated rings. The van der Waals surface area contributed by atoms with E-state index in [-0.39, 0.29) is 24.2 Å². The predicted octanol–water partition coefficient (Wildman–Crippen LogP) is 2.09. The second kappa shape index (κ2) is 10.0. The van der Waals surface area contributed by atoms with Gasteiger partial charge in [-0.3, -0.25) is 14.5 Å². The molecular weight excluding hydrogens is 373 g/mol. The Bertz CT molecular complexity index is 833. The Hall–Kier alpha value is -2.93. The Kier molecular flexibility index (Phi) is 7.19. The second-order valence-corrected chi connectivity index (χ2v) is 7.09. The minimum Gasteiger partial charge on any atom is -0.484 e. The van der Waals surface area contributed by atoms with Crippen LogP contribution >= 0.6 is 0 Å². The molecule has 0 atom stereocenters. The molecule has 7 heteroatoms. The summed E-state index contributed by atoms with van der Waals surface area (Å²) < 4.78 is 18.5. The molecular formula is C22H26FN3O3. The van der Waals surface area contributed by atoms with Crippen molar-refractivity contribution >= 4 is 11.8 Å². The molecule has 0 radical (unpaired) electrons. The predicted molar refractivity (Wildman–Crippen MR) is 108 cm³/mol. The van der Waals surface area contributed by atoms with Crippen molar-refractivity contribution in [2.45, 2.75) is 6.92 Å². The fraction of sp³-hybridized carbons (Fsp3) is 0.364. The van der Waals surface area contributed by atoms with E-state index in [1.165, 1.54) is 24.3 Å². The van der Waals surface area contributed by atoms with Crippen LogP contribution in [0.5, 0.6) is 5.75 Å². The summed E-state index contributed by atoms with van der Waals surface area (Å²) in [5.41, 5.74) is 1.53. The summed E-state index contributed by atoms with van der Waals surface area (Å²) in [5.74, 6) is 0.106. The molecule has 154 valence electrons. The quantitative estimate of drug-likeness (QED) is 0.775. The summed E-state index contributed by atoms with van der Waals surface area (Å²) >= 11 is 0. The number of carbonyl (C=O) groups excluding carboxylic acids is 2. The zero-order chi connectivity index (χ0) is 20.6. The van der Waals surface area contributed by atoms with Crippen LogP contribution in [-0.2, 0) is 4.79 Å². The molecule has 1 saturated heterocycles. The first-order valence-corrected chi connectivity index (χ1v) is 9.74. The van der Waals surface area contributed by atoms with E-state index < -0.39 is 0 Å². The number of hydrogen-bond donors (Lipinski definition) is 1. The summed E-state index contributed by atoms with van der Waals surface area (Å²) in [6, 6.07) is 13.1. The third-order valence-corrected chi connectivity index (χ3v) is 4.90. The third-order valence-electron chi connectivity index (χ3n) is 4.90. The molecule has 2 amide bonds. The summed E-state index contributed by atoms with van der Waals surface area (Å²) in [5, 5.41) is 2.84. The normalized spacial score (nSPS) is 14.5. The van der Waals surface area contributed by atoms with Gasteiger partial charge < -0.3 is 15.0 Å². The number of nitrogens with one attached hydrogen (secondary N) is 1. The van der Waals surface area contributed by atoms with Crippen molar-refractivity contribution in [3.63, 3.8) is 0 Å². The number of aryl methyl sites for hydroxylation is 1. The van der Waals surface area contributed by atoms with E-state index in [1.54, 1.807) is 0 Å². The van der Waals surface area contributed by atoms with E-state index in [4.69, 9.17) is 4.74 Å². The number of piperazine rings is 1.